The Hall–Kier alpha value is -0.830. The smallest absolute Gasteiger partial charge is 0.244 e. The Morgan fingerprint density at radius 1 is 0.939 bits per heavy atom. The molecule has 1 unspecified atom stereocenters. The molecule has 0 aromatic rings. The Kier molecular flexibility index (Phi) is 7.14. The summed E-state index contributed by atoms with van der Waals surface area (Å²) in [5, 5.41) is 3.38. The van der Waals surface area contributed by atoms with Gasteiger partial charge in [-0.25, -0.2) is 0 Å². The predicted molar refractivity (Wildman–Crippen MR) is 139 cm³/mol. The van der Waals surface area contributed by atoms with E-state index in [9.17, 15) is 4.79 Å². The van der Waals surface area contributed by atoms with E-state index in [1.54, 1.807) is 0 Å². The number of fused-ring (bicyclic) bond motifs is 5. The summed E-state index contributed by atoms with van der Waals surface area (Å²) in [5.74, 6) is 4.99. The number of carbonyl (C=O) groups excluding carboxylic acids is 1. The Labute approximate surface area is 204 Å². The summed E-state index contributed by atoms with van der Waals surface area (Å²) in [6.07, 6.45) is 14.1. The van der Waals surface area contributed by atoms with Crippen LogP contribution in [0.2, 0.25) is 0 Å². The molecular weight excluding hydrogens is 404 g/mol. The molecule has 0 spiro atoms. The van der Waals surface area contributed by atoms with Crippen LogP contribution in [0.5, 0.6) is 0 Å². The minimum Gasteiger partial charge on any atom is -0.350 e. The molecule has 0 radical (unpaired) electrons. The Morgan fingerprint density at radius 3 is 2.27 bits per heavy atom. The average Bonchev–Trinajstić information content (AvgIpc) is 3.10. The fourth-order valence-electron chi connectivity index (χ4n) is 9.20. The van der Waals surface area contributed by atoms with Gasteiger partial charge < -0.3 is 10.2 Å². The first-order valence-corrected chi connectivity index (χ1v) is 14.1. The normalized spacial score (nSPS) is 44.2. The quantitative estimate of drug-likeness (QED) is 0.468. The van der Waals surface area contributed by atoms with Crippen molar-refractivity contribution in [3.8, 4) is 0 Å². The van der Waals surface area contributed by atoms with Crippen LogP contribution in [0.4, 0.5) is 0 Å². The van der Waals surface area contributed by atoms with E-state index in [0.717, 1.165) is 29.6 Å². The van der Waals surface area contributed by atoms with Gasteiger partial charge in [-0.1, -0.05) is 33.3 Å². The summed E-state index contributed by atoms with van der Waals surface area (Å²) in [5.41, 5.74) is 2.21. The van der Waals surface area contributed by atoms with Gasteiger partial charge in [-0.15, -0.1) is 0 Å². The van der Waals surface area contributed by atoms with E-state index in [0.29, 0.717) is 28.8 Å². The number of hydrogen-bond donors (Lipinski definition) is 1. The third-order valence-corrected chi connectivity index (χ3v) is 11.8. The first-order valence-electron chi connectivity index (χ1n) is 14.1. The van der Waals surface area contributed by atoms with Gasteiger partial charge in [-0.3, -0.25) is 4.79 Å². The molecule has 4 rings (SSSR count). The van der Waals surface area contributed by atoms with Crippen LogP contribution in [0.1, 0.15) is 99.3 Å². The number of allylic oxidation sites excluding steroid dienone is 1. The van der Waals surface area contributed by atoms with Gasteiger partial charge in [-0.2, -0.15) is 0 Å². The Balaban J connectivity index is 1.43. The largest absolute Gasteiger partial charge is 0.350 e. The third-order valence-electron chi connectivity index (χ3n) is 11.8. The van der Waals surface area contributed by atoms with Gasteiger partial charge in [0.25, 0.3) is 0 Å². The number of amides is 1. The summed E-state index contributed by atoms with van der Waals surface area (Å²) < 4.78 is 0. The van der Waals surface area contributed by atoms with Gasteiger partial charge in [0.15, 0.2) is 0 Å². The summed E-state index contributed by atoms with van der Waals surface area (Å²) in [6.45, 7) is 14.2. The lowest BCUT2D eigenvalue weighted by Gasteiger charge is -2.61. The maximum atomic E-state index is 12.6. The SMILES string of the molecule is C/C(=C\C(=O)N[C@H]1CC[C@@]2(C)[C@@H](CC[C@@H]3[C@@H]2CC[C@]2(C)[C@@H](C(C)N(C)C)CC[C@@H]32)C1)C(C)C. The van der Waals surface area contributed by atoms with Gasteiger partial charge in [0.1, 0.15) is 0 Å². The molecule has 3 heteroatoms. The standard InChI is InChI=1S/C30H52N2O/c1-19(2)20(3)17-28(33)31-23-13-15-29(5)22(18-23)9-10-24-26-12-11-25(21(4)32(7)8)30(26,6)16-14-27(24)29/h17,19,21-27H,9-16,18H2,1-8H3,(H,31,33)/b20-17+/t21?,22-,23-,24-,25+,26-,27-,29-,30+/m0/s1. The second-order valence-electron chi connectivity index (χ2n) is 13.6. The summed E-state index contributed by atoms with van der Waals surface area (Å²) in [7, 11) is 4.55. The van der Waals surface area contributed by atoms with E-state index in [1.807, 2.05) is 6.08 Å². The average molecular weight is 457 g/mol. The van der Waals surface area contributed by atoms with Gasteiger partial charge in [0.05, 0.1) is 0 Å². The van der Waals surface area contributed by atoms with Crippen molar-refractivity contribution in [1.82, 2.24) is 10.2 Å². The molecule has 3 nitrogen and oxygen atoms in total. The van der Waals surface area contributed by atoms with Gasteiger partial charge in [0.2, 0.25) is 5.91 Å². The Morgan fingerprint density at radius 2 is 1.61 bits per heavy atom. The molecule has 1 N–H and O–H groups in total. The fraction of sp³-hybridized carbons (Fsp3) is 0.900. The highest BCUT2D eigenvalue weighted by atomic mass is 16.1. The number of rotatable bonds is 5. The van der Waals surface area contributed by atoms with Crippen LogP contribution in [0.15, 0.2) is 11.6 Å². The first-order chi connectivity index (χ1) is 15.5. The van der Waals surface area contributed by atoms with Crippen LogP contribution in [0.25, 0.3) is 0 Å². The van der Waals surface area contributed by atoms with Gasteiger partial charge in [-0.05, 0) is 132 Å². The number of hydrogen-bond acceptors (Lipinski definition) is 2. The molecule has 33 heavy (non-hydrogen) atoms. The molecule has 0 heterocycles. The number of carbonyl (C=O) groups is 1. The zero-order chi connectivity index (χ0) is 24.1. The summed E-state index contributed by atoms with van der Waals surface area (Å²) in [4.78, 5) is 15.1. The van der Waals surface area contributed by atoms with Crippen molar-refractivity contribution in [3.63, 3.8) is 0 Å². The van der Waals surface area contributed by atoms with Gasteiger partial charge >= 0.3 is 0 Å². The molecule has 0 aromatic carbocycles. The number of nitrogens with zero attached hydrogens (tertiary/aromatic N) is 1. The minimum absolute atomic E-state index is 0.129. The van der Waals surface area contributed by atoms with Crippen LogP contribution in [-0.4, -0.2) is 37.0 Å². The van der Waals surface area contributed by atoms with Crippen LogP contribution < -0.4 is 5.32 Å². The lowest BCUT2D eigenvalue weighted by atomic mass is 9.44. The molecule has 0 aromatic heterocycles. The highest BCUT2D eigenvalue weighted by Crippen LogP contribution is 2.67. The van der Waals surface area contributed by atoms with E-state index >= 15 is 0 Å². The highest BCUT2D eigenvalue weighted by molar-refractivity contribution is 5.88. The topological polar surface area (TPSA) is 32.3 Å². The molecule has 4 saturated carbocycles. The minimum atomic E-state index is 0.129. The zero-order valence-electron chi connectivity index (χ0n) is 22.9. The molecule has 0 aliphatic heterocycles. The summed E-state index contributed by atoms with van der Waals surface area (Å²) >= 11 is 0. The van der Waals surface area contributed by atoms with E-state index in [2.05, 4.69) is 65.9 Å². The van der Waals surface area contributed by atoms with Crippen molar-refractivity contribution in [2.45, 2.75) is 111 Å². The Bertz CT molecular complexity index is 756. The maximum absolute atomic E-state index is 12.6. The second kappa shape index (κ2) is 9.32. The highest BCUT2D eigenvalue weighted by Gasteiger charge is 2.60. The van der Waals surface area contributed by atoms with Crippen molar-refractivity contribution in [1.29, 1.82) is 0 Å². The van der Waals surface area contributed by atoms with Crippen LogP contribution in [0, 0.1) is 46.3 Å². The molecule has 4 fully saturated rings. The summed E-state index contributed by atoms with van der Waals surface area (Å²) in [6, 6.07) is 1.06. The second-order valence-corrected chi connectivity index (χ2v) is 13.6. The zero-order valence-corrected chi connectivity index (χ0v) is 22.9. The lowest BCUT2D eigenvalue weighted by molar-refractivity contribution is -0.125. The van der Waals surface area contributed by atoms with E-state index in [-0.39, 0.29) is 5.91 Å². The van der Waals surface area contributed by atoms with Crippen molar-refractivity contribution < 1.29 is 4.79 Å². The van der Waals surface area contributed by atoms with Crippen LogP contribution in [-0.2, 0) is 4.79 Å². The predicted octanol–water partition coefficient (Wildman–Crippen LogP) is 6.68. The van der Waals surface area contributed by atoms with Crippen molar-refractivity contribution in [2.24, 2.45) is 46.3 Å². The molecule has 9 atom stereocenters. The molecule has 4 aliphatic rings. The lowest BCUT2D eigenvalue weighted by Crippen LogP contribution is -2.56. The van der Waals surface area contributed by atoms with Crippen LogP contribution in [0.3, 0.4) is 0 Å². The van der Waals surface area contributed by atoms with Gasteiger partial charge in [0, 0.05) is 18.2 Å². The molecule has 188 valence electrons. The molecule has 1 amide bonds. The fourth-order valence-corrected chi connectivity index (χ4v) is 9.20. The first kappa shape index (κ1) is 25.3. The van der Waals surface area contributed by atoms with E-state index in [1.165, 1.54) is 63.4 Å². The van der Waals surface area contributed by atoms with Crippen molar-refractivity contribution in [2.75, 3.05) is 14.1 Å². The monoisotopic (exact) mass is 456 g/mol. The van der Waals surface area contributed by atoms with E-state index in [4.69, 9.17) is 0 Å². The number of nitrogens with one attached hydrogen (secondary N) is 1. The molecule has 0 saturated heterocycles. The molecule has 0 bridgehead atoms. The van der Waals surface area contributed by atoms with Crippen LogP contribution >= 0.6 is 0 Å². The van der Waals surface area contributed by atoms with E-state index < -0.39 is 0 Å². The maximum Gasteiger partial charge on any atom is 0.244 e. The van der Waals surface area contributed by atoms with Crippen molar-refractivity contribution >= 4 is 5.91 Å². The van der Waals surface area contributed by atoms with Crippen molar-refractivity contribution in [3.05, 3.63) is 11.6 Å². The molecule has 4 aliphatic carbocycles. The third kappa shape index (κ3) is 4.45. The molecular formula is C30H52N2O.